The number of hydrogen-bond acceptors (Lipinski definition) is 6. The maximum absolute atomic E-state index is 13.1. The molecule has 1 saturated heterocycles. The molecule has 1 fully saturated rings. The van der Waals surface area contributed by atoms with E-state index in [1.54, 1.807) is 30.6 Å². The molecule has 0 aliphatic carbocycles. The van der Waals surface area contributed by atoms with Crippen molar-refractivity contribution >= 4 is 27.4 Å². The van der Waals surface area contributed by atoms with Gasteiger partial charge in [-0.05, 0) is 53.6 Å². The van der Waals surface area contributed by atoms with E-state index >= 15 is 0 Å². The lowest BCUT2D eigenvalue weighted by atomic mass is 10.2. The van der Waals surface area contributed by atoms with E-state index in [0.717, 1.165) is 16.8 Å². The Kier molecular flexibility index (Phi) is 7.41. The molecule has 1 aliphatic heterocycles. The summed E-state index contributed by atoms with van der Waals surface area (Å²) >= 11 is 0. The molecule has 1 aromatic heterocycles. The molecule has 0 saturated carbocycles. The van der Waals surface area contributed by atoms with Crippen LogP contribution in [0.1, 0.15) is 11.1 Å². The van der Waals surface area contributed by atoms with Crippen LogP contribution in [0.15, 0.2) is 78.0 Å². The summed E-state index contributed by atoms with van der Waals surface area (Å²) in [6.07, 6.45) is 3.34. The Bertz CT molecular complexity index is 1190. The van der Waals surface area contributed by atoms with Gasteiger partial charge in [-0.3, -0.25) is 4.98 Å². The summed E-state index contributed by atoms with van der Waals surface area (Å²) in [5.41, 5.74) is 9.17. The van der Waals surface area contributed by atoms with Gasteiger partial charge in [0.05, 0.1) is 4.90 Å². The van der Waals surface area contributed by atoms with Crippen LogP contribution in [0, 0.1) is 0 Å². The number of urea groups is 1. The molecule has 2 amide bonds. The number of aromatic nitrogens is 1. The highest BCUT2D eigenvalue weighted by Gasteiger charge is 2.28. The summed E-state index contributed by atoms with van der Waals surface area (Å²) in [7, 11) is -3.61. The molecule has 2 heterocycles. The van der Waals surface area contributed by atoms with Crippen LogP contribution in [0.4, 0.5) is 16.2 Å². The maximum Gasteiger partial charge on any atom is 0.319 e. The van der Waals surface area contributed by atoms with Crippen molar-refractivity contribution < 1.29 is 13.2 Å². The third-order valence-corrected chi connectivity index (χ3v) is 7.61. The molecule has 34 heavy (non-hydrogen) atoms. The number of sulfonamides is 1. The minimum Gasteiger partial charge on any atom is -0.369 e. The van der Waals surface area contributed by atoms with E-state index in [1.165, 1.54) is 16.4 Å². The molecule has 10 heteroatoms. The van der Waals surface area contributed by atoms with Crippen LogP contribution in [-0.2, 0) is 23.1 Å². The summed E-state index contributed by atoms with van der Waals surface area (Å²) in [5, 5.41) is 5.45. The molecule has 0 radical (unpaired) electrons. The first kappa shape index (κ1) is 23.7. The van der Waals surface area contributed by atoms with E-state index in [0.29, 0.717) is 45.0 Å². The zero-order valence-corrected chi connectivity index (χ0v) is 19.5. The van der Waals surface area contributed by atoms with Gasteiger partial charge in [0, 0.05) is 63.0 Å². The molecule has 9 nitrogen and oxygen atoms in total. The number of anilines is 2. The summed E-state index contributed by atoms with van der Waals surface area (Å²) in [5.74, 6) is 0. The van der Waals surface area contributed by atoms with Crippen molar-refractivity contribution in [3.05, 3.63) is 84.2 Å². The monoisotopic (exact) mass is 480 g/mol. The Morgan fingerprint density at radius 1 is 0.941 bits per heavy atom. The van der Waals surface area contributed by atoms with E-state index in [4.69, 9.17) is 5.73 Å². The Morgan fingerprint density at radius 3 is 2.26 bits per heavy atom. The van der Waals surface area contributed by atoms with Gasteiger partial charge in [0.2, 0.25) is 10.0 Å². The predicted octanol–water partition coefficient (Wildman–Crippen LogP) is 2.37. The number of nitrogens with zero attached hydrogens (tertiary/aromatic N) is 3. The lowest BCUT2D eigenvalue weighted by Crippen LogP contribution is -2.48. The van der Waals surface area contributed by atoms with Crippen LogP contribution < -0.4 is 21.3 Å². The fraction of sp³-hybridized carbons (Fsp3) is 0.250. The number of amides is 2. The number of hydrogen-bond donors (Lipinski definition) is 3. The average molecular weight is 481 g/mol. The normalized spacial score (nSPS) is 14.6. The summed E-state index contributed by atoms with van der Waals surface area (Å²) in [4.78, 5) is 18.5. The molecular weight excluding hydrogens is 452 g/mol. The third kappa shape index (κ3) is 5.71. The van der Waals surface area contributed by atoms with Crippen molar-refractivity contribution in [3.8, 4) is 0 Å². The Morgan fingerprint density at radius 2 is 1.65 bits per heavy atom. The number of benzene rings is 2. The molecule has 0 spiro atoms. The van der Waals surface area contributed by atoms with Crippen LogP contribution in [0.5, 0.6) is 0 Å². The molecule has 2 aromatic carbocycles. The minimum absolute atomic E-state index is 0.203. The van der Waals surface area contributed by atoms with E-state index in [2.05, 4.69) is 20.5 Å². The van der Waals surface area contributed by atoms with Gasteiger partial charge in [0.15, 0.2) is 0 Å². The van der Waals surface area contributed by atoms with Gasteiger partial charge in [-0.25, -0.2) is 13.2 Å². The smallest absolute Gasteiger partial charge is 0.319 e. The second-order valence-electron chi connectivity index (χ2n) is 7.96. The number of piperazine rings is 1. The topological polar surface area (TPSA) is 121 Å². The maximum atomic E-state index is 13.1. The molecule has 178 valence electrons. The molecule has 4 N–H and O–H groups in total. The average Bonchev–Trinajstić information content (AvgIpc) is 2.88. The lowest BCUT2D eigenvalue weighted by Gasteiger charge is -2.35. The quantitative estimate of drug-likeness (QED) is 0.478. The van der Waals surface area contributed by atoms with E-state index in [1.807, 2.05) is 30.3 Å². The van der Waals surface area contributed by atoms with E-state index < -0.39 is 10.0 Å². The third-order valence-electron chi connectivity index (χ3n) is 5.70. The molecule has 0 unspecified atom stereocenters. The molecule has 1 aliphatic rings. The van der Waals surface area contributed by atoms with Gasteiger partial charge in [-0.2, -0.15) is 4.31 Å². The first-order chi connectivity index (χ1) is 16.5. The Labute approximate surface area is 199 Å². The Balaban J connectivity index is 1.31. The number of nitrogens with two attached hydrogens (primary N) is 1. The number of carbonyl (C=O) groups excluding carboxylic acids is 1. The number of nitrogens with one attached hydrogen (secondary N) is 2. The fourth-order valence-electron chi connectivity index (χ4n) is 3.75. The molecule has 3 aromatic rings. The van der Waals surface area contributed by atoms with Crippen molar-refractivity contribution in [2.45, 2.75) is 18.0 Å². The van der Waals surface area contributed by atoms with Crippen LogP contribution in [0.2, 0.25) is 0 Å². The molecule has 0 atom stereocenters. The van der Waals surface area contributed by atoms with Crippen molar-refractivity contribution in [3.63, 3.8) is 0 Å². The summed E-state index contributed by atoms with van der Waals surface area (Å²) in [6, 6.07) is 17.5. The number of carbonyl (C=O) groups is 1. The highest BCUT2D eigenvalue weighted by Crippen LogP contribution is 2.22. The second kappa shape index (κ2) is 10.6. The number of pyridine rings is 1. The first-order valence-electron chi connectivity index (χ1n) is 11.0. The Hall–Kier alpha value is -3.47. The highest BCUT2D eigenvalue weighted by atomic mass is 32.2. The fourth-order valence-corrected chi connectivity index (χ4v) is 5.17. The highest BCUT2D eigenvalue weighted by molar-refractivity contribution is 7.89. The molecule has 4 rings (SSSR count). The van der Waals surface area contributed by atoms with Gasteiger partial charge in [0.1, 0.15) is 0 Å². The van der Waals surface area contributed by atoms with Crippen molar-refractivity contribution in [1.29, 1.82) is 0 Å². The summed E-state index contributed by atoms with van der Waals surface area (Å²) in [6.45, 7) is 2.86. The molecular formula is C24H28N6O3S. The zero-order valence-electron chi connectivity index (χ0n) is 18.7. The minimum atomic E-state index is -3.61. The standard InChI is InChI=1S/C24H28N6O3S/c25-16-19-3-7-22(8-4-19)29-12-14-30(15-13-29)34(32,33)23-9-5-21(6-10-23)28-24(31)27-18-20-2-1-11-26-17-20/h1-11,17H,12-16,18,25H2,(H2,27,28,31). The second-order valence-corrected chi connectivity index (χ2v) is 9.89. The van der Waals surface area contributed by atoms with Crippen LogP contribution in [0.25, 0.3) is 0 Å². The predicted molar refractivity (Wildman–Crippen MR) is 132 cm³/mol. The zero-order chi connectivity index (χ0) is 24.0. The first-order valence-corrected chi connectivity index (χ1v) is 12.5. The van der Waals surface area contributed by atoms with Gasteiger partial charge >= 0.3 is 6.03 Å². The van der Waals surface area contributed by atoms with Gasteiger partial charge in [-0.1, -0.05) is 18.2 Å². The van der Waals surface area contributed by atoms with E-state index in [9.17, 15) is 13.2 Å². The molecule has 0 bridgehead atoms. The lowest BCUT2D eigenvalue weighted by molar-refractivity contribution is 0.251. The SMILES string of the molecule is NCc1ccc(N2CCN(S(=O)(=O)c3ccc(NC(=O)NCc4cccnc4)cc3)CC2)cc1. The van der Waals surface area contributed by atoms with Crippen LogP contribution >= 0.6 is 0 Å². The van der Waals surface area contributed by atoms with Gasteiger partial charge in [0.25, 0.3) is 0 Å². The van der Waals surface area contributed by atoms with Gasteiger partial charge in [-0.15, -0.1) is 0 Å². The van der Waals surface area contributed by atoms with Crippen molar-refractivity contribution in [2.75, 3.05) is 36.4 Å². The van der Waals surface area contributed by atoms with Crippen molar-refractivity contribution in [2.24, 2.45) is 5.73 Å². The van der Waals surface area contributed by atoms with Crippen LogP contribution in [0.3, 0.4) is 0 Å². The largest absolute Gasteiger partial charge is 0.369 e. The summed E-state index contributed by atoms with van der Waals surface area (Å²) < 4.78 is 27.7. The van der Waals surface area contributed by atoms with E-state index in [-0.39, 0.29) is 10.9 Å². The van der Waals surface area contributed by atoms with Gasteiger partial charge < -0.3 is 21.3 Å². The number of rotatable bonds is 7. The van der Waals surface area contributed by atoms with Crippen LogP contribution in [-0.4, -0.2) is 49.9 Å². The van der Waals surface area contributed by atoms with Crippen molar-refractivity contribution in [1.82, 2.24) is 14.6 Å².